The molecule has 0 aliphatic carbocycles. The summed E-state index contributed by atoms with van der Waals surface area (Å²) >= 11 is 0. The second-order valence-electron chi connectivity index (χ2n) is 5.28. The molecule has 0 spiro atoms. The fourth-order valence-corrected chi connectivity index (χ4v) is 2.46. The van der Waals surface area contributed by atoms with Crippen LogP contribution < -0.4 is 11.3 Å². The van der Waals surface area contributed by atoms with E-state index in [1.165, 1.54) is 17.0 Å². The molecular formula is C12H17F3N4O. The van der Waals surface area contributed by atoms with Gasteiger partial charge < -0.3 is 10.5 Å². The van der Waals surface area contributed by atoms with E-state index in [9.17, 15) is 18.3 Å². The highest BCUT2D eigenvalue weighted by atomic mass is 19.4. The molecule has 0 saturated carbocycles. The van der Waals surface area contributed by atoms with Gasteiger partial charge in [0.15, 0.2) is 0 Å². The lowest BCUT2D eigenvalue weighted by atomic mass is 10.1. The Hall–Kier alpha value is -1.38. The molecule has 1 aromatic heterocycles. The lowest BCUT2D eigenvalue weighted by Crippen LogP contribution is -2.39. The number of halogens is 3. The van der Waals surface area contributed by atoms with Gasteiger partial charge in [0.2, 0.25) is 0 Å². The molecule has 2 heterocycles. The molecule has 1 saturated heterocycles. The molecule has 4 N–H and O–H groups in total. The number of hydrogen-bond acceptors (Lipinski definition) is 5. The third-order valence-corrected chi connectivity index (χ3v) is 3.41. The normalized spacial score (nSPS) is 25.7. The van der Waals surface area contributed by atoms with Gasteiger partial charge in [-0.1, -0.05) is 6.07 Å². The van der Waals surface area contributed by atoms with Crippen LogP contribution in [0.25, 0.3) is 0 Å². The highest BCUT2D eigenvalue weighted by Crippen LogP contribution is 2.40. The minimum atomic E-state index is -4.43. The summed E-state index contributed by atoms with van der Waals surface area (Å²) in [5, 5.41) is 9.86. The quantitative estimate of drug-likeness (QED) is 0.580. The van der Waals surface area contributed by atoms with Crippen molar-refractivity contribution in [1.82, 2.24) is 9.88 Å². The van der Waals surface area contributed by atoms with E-state index in [-0.39, 0.29) is 18.7 Å². The van der Waals surface area contributed by atoms with Crippen molar-refractivity contribution in [3.63, 3.8) is 0 Å². The van der Waals surface area contributed by atoms with Gasteiger partial charge in [-0.05, 0) is 25.0 Å². The summed E-state index contributed by atoms with van der Waals surface area (Å²) in [7, 11) is 0. The highest BCUT2D eigenvalue weighted by molar-refractivity contribution is 5.35. The first kappa shape index (κ1) is 15.0. The van der Waals surface area contributed by atoms with E-state index in [2.05, 4.69) is 10.4 Å². The van der Waals surface area contributed by atoms with Crippen LogP contribution in [-0.2, 0) is 0 Å². The van der Waals surface area contributed by atoms with Gasteiger partial charge in [-0.25, -0.2) is 10.8 Å². The smallest absolute Gasteiger partial charge is 0.389 e. The van der Waals surface area contributed by atoms with Gasteiger partial charge in [-0.15, -0.1) is 0 Å². The predicted octanol–water partition coefficient (Wildman–Crippen LogP) is 1.43. The van der Waals surface area contributed by atoms with E-state index in [1.807, 2.05) is 0 Å². The number of anilines is 1. The van der Waals surface area contributed by atoms with Crippen LogP contribution >= 0.6 is 0 Å². The van der Waals surface area contributed by atoms with Gasteiger partial charge in [-0.2, -0.15) is 13.2 Å². The Kier molecular flexibility index (Phi) is 3.90. The fourth-order valence-electron chi connectivity index (χ4n) is 2.46. The van der Waals surface area contributed by atoms with Crippen LogP contribution in [0.5, 0.6) is 0 Å². The minimum Gasteiger partial charge on any atom is -0.389 e. The van der Waals surface area contributed by atoms with Crippen molar-refractivity contribution in [2.75, 3.05) is 18.5 Å². The Bertz CT molecular complexity index is 461. The van der Waals surface area contributed by atoms with Crippen molar-refractivity contribution in [3.8, 4) is 0 Å². The van der Waals surface area contributed by atoms with E-state index in [1.54, 1.807) is 6.92 Å². The van der Waals surface area contributed by atoms with Gasteiger partial charge in [0.1, 0.15) is 11.9 Å². The number of nitrogens with zero attached hydrogens (tertiary/aromatic N) is 2. The Morgan fingerprint density at radius 1 is 1.50 bits per heavy atom. The molecule has 20 heavy (non-hydrogen) atoms. The number of β-amino-alcohol motifs (C(OH)–C–C–N with tert-alkyl or cyclic N) is 1. The van der Waals surface area contributed by atoms with Crippen LogP contribution in [0.15, 0.2) is 18.3 Å². The lowest BCUT2D eigenvalue weighted by Gasteiger charge is -2.30. The topological polar surface area (TPSA) is 74.4 Å². The van der Waals surface area contributed by atoms with Crippen LogP contribution in [-0.4, -0.2) is 39.9 Å². The number of rotatable bonds is 3. The first-order valence-electron chi connectivity index (χ1n) is 6.19. The molecule has 0 aromatic carbocycles. The molecule has 1 aromatic rings. The predicted molar refractivity (Wildman–Crippen MR) is 67.7 cm³/mol. The second-order valence-corrected chi connectivity index (χ2v) is 5.28. The first-order chi connectivity index (χ1) is 9.23. The summed E-state index contributed by atoms with van der Waals surface area (Å²) in [6.07, 6.45) is -2.96. The summed E-state index contributed by atoms with van der Waals surface area (Å²) < 4.78 is 39.9. The second kappa shape index (κ2) is 5.19. The van der Waals surface area contributed by atoms with Gasteiger partial charge >= 0.3 is 6.18 Å². The van der Waals surface area contributed by atoms with E-state index in [0.717, 1.165) is 6.20 Å². The van der Waals surface area contributed by atoms with Gasteiger partial charge in [-0.3, -0.25) is 4.90 Å². The maximum Gasteiger partial charge on any atom is 0.408 e. The number of likely N-dealkylation sites (tertiary alicyclic amines) is 1. The standard InChI is InChI=1S/C12H17F3N4O/c1-11(20)4-5-19(7-11)10(12(13,14)15)8-2-3-9(18-16)17-6-8/h2-3,6,10,20H,4-5,7,16H2,1H3,(H,17,18). The molecular weight excluding hydrogens is 273 g/mol. The molecule has 2 rings (SSSR count). The van der Waals surface area contributed by atoms with E-state index >= 15 is 0 Å². The SMILES string of the molecule is CC1(O)CCN(C(c2ccc(NN)nc2)C(F)(F)F)C1. The van der Waals surface area contributed by atoms with Crippen molar-refractivity contribution in [3.05, 3.63) is 23.9 Å². The van der Waals surface area contributed by atoms with Crippen LogP contribution in [0.4, 0.5) is 19.0 Å². The van der Waals surface area contributed by atoms with E-state index in [0.29, 0.717) is 12.2 Å². The van der Waals surface area contributed by atoms with Crippen molar-refractivity contribution in [2.24, 2.45) is 5.84 Å². The number of aromatic nitrogens is 1. The van der Waals surface area contributed by atoms with Gasteiger partial charge in [0, 0.05) is 19.3 Å². The zero-order valence-corrected chi connectivity index (χ0v) is 11.0. The average molecular weight is 290 g/mol. The molecule has 0 bridgehead atoms. The third-order valence-electron chi connectivity index (χ3n) is 3.41. The Balaban J connectivity index is 2.28. The molecule has 2 unspecified atom stereocenters. The largest absolute Gasteiger partial charge is 0.408 e. The number of pyridine rings is 1. The monoisotopic (exact) mass is 290 g/mol. The number of nitrogens with two attached hydrogens (primary N) is 1. The highest BCUT2D eigenvalue weighted by Gasteiger charge is 2.48. The molecule has 2 atom stereocenters. The van der Waals surface area contributed by atoms with Crippen LogP contribution in [0.3, 0.4) is 0 Å². The summed E-state index contributed by atoms with van der Waals surface area (Å²) in [6, 6.07) is 0.964. The van der Waals surface area contributed by atoms with Crippen molar-refractivity contribution in [1.29, 1.82) is 0 Å². The van der Waals surface area contributed by atoms with Crippen LogP contribution in [0.1, 0.15) is 24.9 Å². The Labute approximate surface area is 114 Å². The van der Waals surface area contributed by atoms with Crippen LogP contribution in [0, 0.1) is 0 Å². The summed E-state index contributed by atoms with van der Waals surface area (Å²) in [5.74, 6) is 5.44. The molecule has 112 valence electrons. The number of nitrogen functional groups attached to an aromatic ring is 1. The van der Waals surface area contributed by atoms with Gasteiger partial charge in [0.05, 0.1) is 5.60 Å². The van der Waals surface area contributed by atoms with Crippen LogP contribution in [0.2, 0.25) is 0 Å². The zero-order valence-electron chi connectivity index (χ0n) is 11.0. The number of alkyl halides is 3. The molecule has 0 radical (unpaired) electrons. The van der Waals surface area contributed by atoms with Crippen molar-refractivity contribution >= 4 is 5.82 Å². The number of hydrazine groups is 1. The average Bonchev–Trinajstić information content (AvgIpc) is 2.69. The van der Waals surface area contributed by atoms with E-state index < -0.39 is 17.8 Å². The Morgan fingerprint density at radius 2 is 2.20 bits per heavy atom. The van der Waals surface area contributed by atoms with Crippen molar-refractivity contribution < 1.29 is 18.3 Å². The van der Waals surface area contributed by atoms with Crippen molar-refractivity contribution in [2.45, 2.75) is 31.2 Å². The molecule has 1 aliphatic rings. The molecule has 5 nitrogen and oxygen atoms in total. The van der Waals surface area contributed by atoms with E-state index in [4.69, 9.17) is 5.84 Å². The summed E-state index contributed by atoms with van der Waals surface area (Å²) in [6.45, 7) is 1.71. The lowest BCUT2D eigenvalue weighted by molar-refractivity contribution is -0.185. The maximum atomic E-state index is 13.3. The first-order valence-corrected chi connectivity index (χ1v) is 6.19. The zero-order chi connectivity index (χ0) is 15.0. The molecule has 1 fully saturated rings. The molecule has 0 amide bonds. The minimum absolute atomic E-state index is 0.0198. The van der Waals surface area contributed by atoms with Gasteiger partial charge in [0.25, 0.3) is 0 Å². The maximum absolute atomic E-state index is 13.3. The number of hydrogen-bond donors (Lipinski definition) is 3. The molecule has 1 aliphatic heterocycles. The molecule has 8 heteroatoms. The number of nitrogens with one attached hydrogen (secondary N) is 1. The fraction of sp³-hybridized carbons (Fsp3) is 0.583. The Morgan fingerprint density at radius 3 is 2.60 bits per heavy atom. The third kappa shape index (κ3) is 3.20. The summed E-state index contributed by atoms with van der Waals surface area (Å²) in [5.41, 5.74) is 1.22. The summed E-state index contributed by atoms with van der Waals surface area (Å²) in [4.78, 5) is 5.04. The number of aliphatic hydroxyl groups is 1.